The smallest absolute Gasteiger partial charge is 0.271 e. The summed E-state index contributed by atoms with van der Waals surface area (Å²) in [7, 11) is 0. The summed E-state index contributed by atoms with van der Waals surface area (Å²) in [6, 6.07) is 0. The first-order valence-corrected chi connectivity index (χ1v) is 4.48. The Morgan fingerprint density at radius 2 is 1.28 bits per heavy atom. The monoisotopic (exact) mass is 290 g/mol. The highest BCUT2D eigenvalue weighted by atomic mass is 19.3. The van der Waals surface area contributed by atoms with Gasteiger partial charge in [-0.15, -0.1) is 0 Å². The van der Waals surface area contributed by atoms with E-state index in [0.29, 0.717) is 0 Å². The molecule has 18 heavy (non-hydrogen) atoms. The van der Waals surface area contributed by atoms with Gasteiger partial charge < -0.3 is 0 Å². The quantitative estimate of drug-likeness (QED) is 0.702. The van der Waals surface area contributed by atoms with Crippen LogP contribution in [-0.2, 0) is 4.74 Å². The van der Waals surface area contributed by atoms with Gasteiger partial charge in [0.25, 0.3) is 11.8 Å². The SMILES string of the molecule is CC(F)(F)C1C(F)(F)C(F)(F)OC1(F)C(C)(F)F. The number of hydrogen-bond donors (Lipinski definition) is 0. The normalized spacial score (nSPS) is 35.8. The van der Waals surface area contributed by atoms with E-state index < -0.39 is 42.6 Å². The van der Waals surface area contributed by atoms with Crippen LogP contribution in [0, 0.1) is 5.92 Å². The van der Waals surface area contributed by atoms with Crippen LogP contribution in [0.3, 0.4) is 0 Å². The Labute approximate surface area is 94.9 Å². The van der Waals surface area contributed by atoms with Crippen LogP contribution in [0.15, 0.2) is 0 Å². The number of alkyl halides is 9. The van der Waals surface area contributed by atoms with Gasteiger partial charge in [-0.25, -0.2) is 22.0 Å². The second-order valence-electron chi connectivity index (χ2n) is 4.16. The van der Waals surface area contributed by atoms with Crippen molar-refractivity contribution in [3.8, 4) is 0 Å². The van der Waals surface area contributed by atoms with Crippen molar-refractivity contribution in [1.82, 2.24) is 0 Å². The van der Waals surface area contributed by atoms with E-state index >= 15 is 0 Å². The molecule has 2 unspecified atom stereocenters. The minimum atomic E-state index is -5.78. The van der Waals surface area contributed by atoms with Gasteiger partial charge in [0, 0.05) is 13.8 Å². The van der Waals surface area contributed by atoms with E-state index in [1.165, 1.54) is 0 Å². The average molecular weight is 290 g/mol. The Bertz CT molecular complexity index is 341. The summed E-state index contributed by atoms with van der Waals surface area (Å²) in [5.74, 6) is -25.1. The second kappa shape index (κ2) is 3.45. The zero-order valence-electron chi connectivity index (χ0n) is 8.89. The summed E-state index contributed by atoms with van der Waals surface area (Å²) in [5, 5.41) is 0. The van der Waals surface area contributed by atoms with Crippen LogP contribution in [0.5, 0.6) is 0 Å². The van der Waals surface area contributed by atoms with Crippen molar-refractivity contribution in [2.45, 2.75) is 43.6 Å². The zero-order chi connectivity index (χ0) is 14.8. The molecular formula is C8H7F9O. The van der Waals surface area contributed by atoms with Crippen LogP contribution in [0.4, 0.5) is 39.5 Å². The Kier molecular flexibility index (Phi) is 2.95. The van der Waals surface area contributed by atoms with Crippen LogP contribution >= 0.6 is 0 Å². The summed E-state index contributed by atoms with van der Waals surface area (Å²) in [4.78, 5) is 0. The van der Waals surface area contributed by atoms with E-state index in [1.54, 1.807) is 0 Å². The standard InChI is InChI=1S/C8H7F9O/c1-4(9,10)3-6(13,14)8(16,17)18-7(3,15)5(2,11)12/h3H,1-2H3. The van der Waals surface area contributed by atoms with E-state index in [0.717, 1.165) is 0 Å². The topological polar surface area (TPSA) is 9.23 Å². The lowest BCUT2D eigenvalue weighted by atomic mass is 9.86. The number of halogens is 9. The first-order chi connectivity index (χ1) is 7.57. The third-order valence-corrected chi connectivity index (χ3v) is 2.50. The van der Waals surface area contributed by atoms with Crippen LogP contribution < -0.4 is 0 Å². The Morgan fingerprint density at radius 3 is 1.50 bits per heavy atom. The van der Waals surface area contributed by atoms with Gasteiger partial charge >= 0.3 is 18.0 Å². The summed E-state index contributed by atoms with van der Waals surface area (Å²) in [5.41, 5.74) is 0. The van der Waals surface area contributed by atoms with Gasteiger partial charge in [-0.2, -0.15) is 17.6 Å². The molecule has 1 rings (SSSR count). The van der Waals surface area contributed by atoms with Crippen molar-refractivity contribution in [3.63, 3.8) is 0 Å². The third-order valence-electron chi connectivity index (χ3n) is 2.50. The van der Waals surface area contributed by atoms with Crippen LogP contribution in [-0.4, -0.2) is 29.7 Å². The fourth-order valence-corrected chi connectivity index (χ4v) is 1.70. The molecule has 0 aromatic heterocycles. The van der Waals surface area contributed by atoms with Gasteiger partial charge in [0.05, 0.1) is 0 Å². The molecule has 1 heterocycles. The number of ether oxygens (including phenoxy) is 1. The molecule has 1 aliphatic rings. The molecular weight excluding hydrogens is 283 g/mol. The number of rotatable bonds is 2. The van der Waals surface area contributed by atoms with Crippen molar-refractivity contribution >= 4 is 0 Å². The summed E-state index contributed by atoms with van der Waals surface area (Å²) in [6.45, 7) is -0.764. The van der Waals surface area contributed by atoms with Crippen LogP contribution in [0.25, 0.3) is 0 Å². The molecule has 0 radical (unpaired) electrons. The lowest BCUT2D eigenvalue weighted by Crippen LogP contribution is -2.56. The first kappa shape index (κ1) is 15.4. The van der Waals surface area contributed by atoms with Gasteiger partial charge in [0.1, 0.15) is 0 Å². The Balaban J connectivity index is 3.47. The largest absolute Gasteiger partial charge is 0.422 e. The Hall–Kier alpha value is -0.670. The molecule has 108 valence electrons. The summed E-state index contributed by atoms with van der Waals surface area (Å²) >= 11 is 0. The van der Waals surface area contributed by atoms with E-state index in [9.17, 15) is 39.5 Å². The van der Waals surface area contributed by atoms with Crippen LogP contribution in [0.2, 0.25) is 0 Å². The molecule has 0 N–H and O–H groups in total. The van der Waals surface area contributed by atoms with Gasteiger partial charge in [-0.05, 0) is 0 Å². The van der Waals surface area contributed by atoms with Gasteiger partial charge in [-0.1, -0.05) is 0 Å². The lowest BCUT2D eigenvalue weighted by Gasteiger charge is -2.34. The molecule has 1 nitrogen and oxygen atoms in total. The fraction of sp³-hybridized carbons (Fsp3) is 1.00. The highest BCUT2D eigenvalue weighted by Crippen LogP contribution is 2.63. The molecule has 10 heteroatoms. The maximum Gasteiger partial charge on any atom is 0.422 e. The second-order valence-corrected chi connectivity index (χ2v) is 4.16. The summed E-state index contributed by atoms with van der Waals surface area (Å²) < 4.78 is 119. The number of hydrogen-bond acceptors (Lipinski definition) is 1. The van der Waals surface area contributed by atoms with Gasteiger partial charge in [-0.3, -0.25) is 4.74 Å². The molecule has 0 aliphatic carbocycles. The molecule has 1 fully saturated rings. The van der Waals surface area contributed by atoms with E-state index in [2.05, 4.69) is 4.74 Å². The molecule has 0 bridgehead atoms. The molecule has 0 aromatic rings. The maximum atomic E-state index is 13.6. The highest BCUT2D eigenvalue weighted by Gasteiger charge is 2.87. The molecule has 0 saturated carbocycles. The lowest BCUT2D eigenvalue weighted by molar-refractivity contribution is -0.367. The molecule has 0 spiro atoms. The molecule has 2 atom stereocenters. The summed E-state index contributed by atoms with van der Waals surface area (Å²) in [6.07, 6.45) is -5.76. The minimum absolute atomic E-state index is 0.365. The highest BCUT2D eigenvalue weighted by molar-refractivity contribution is 5.09. The van der Waals surface area contributed by atoms with E-state index in [1.807, 2.05) is 0 Å². The average Bonchev–Trinajstić information content (AvgIpc) is 2.09. The van der Waals surface area contributed by atoms with Crippen molar-refractivity contribution in [1.29, 1.82) is 0 Å². The predicted octanol–water partition coefficient (Wildman–Crippen LogP) is 3.84. The molecule has 0 aromatic carbocycles. The van der Waals surface area contributed by atoms with Crippen molar-refractivity contribution < 1.29 is 44.3 Å². The first-order valence-electron chi connectivity index (χ1n) is 4.48. The van der Waals surface area contributed by atoms with Crippen molar-refractivity contribution in [2.24, 2.45) is 5.92 Å². The molecule has 0 amide bonds. The van der Waals surface area contributed by atoms with E-state index in [-0.39, 0.29) is 6.92 Å². The van der Waals surface area contributed by atoms with Gasteiger partial charge in [0.15, 0.2) is 5.92 Å². The zero-order valence-corrected chi connectivity index (χ0v) is 8.89. The maximum absolute atomic E-state index is 13.6. The predicted molar refractivity (Wildman–Crippen MR) is 39.6 cm³/mol. The molecule has 1 aliphatic heterocycles. The van der Waals surface area contributed by atoms with Crippen molar-refractivity contribution in [2.75, 3.05) is 0 Å². The fourth-order valence-electron chi connectivity index (χ4n) is 1.70. The van der Waals surface area contributed by atoms with Crippen LogP contribution in [0.1, 0.15) is 13.8 Å². The molecule has 1 saturated heterocycles. The van der Waals surface area contributed by atoms with E-state index in [4.69, 9.17) is 0 Å². The minimum Gasteiger partial charge on any atom is -0.271 e. The Morgan fingerprint density at radius 1 is 0.889 bits per heavy atom. The third kappa shape index (κ3) is 1.84. The van der Waals surface area contributed by atoms with Gasteiger partial charge in [0.2, 0.25) is 0 Å². The van der Waals surface area contributed by atoms with Crippen molar-refractivity contribution in [3.05, 3.63) is 0 Å².